The zero-order valence-corrected chi connectivity index (χ0v) is 6.52. The number of rotatable bonds is 1. The molecule has 10 heavy (non-hydrogen) atoms. The van der Waals surface area contributed by atoms with E-state index in [1.165, 1.54) is 0 Å². The number of primary sulfonamides is 1. The third kappa shape index (κ3) is 1.20. The van der Waals surface area contributed by atoms with Gasteiger partial charge < -0.3 is 0 Å². The second kappa shape index (κ2) is 2.24. The molecule has 0 aliphatic heterocycles. The third-order valence-corrected chi connectivity index (χ3v) is 3.56. The summed E-state index contributed by atoms with van der Waals surface area (Å²) >= 11 is 0. The number of nitrogens with two attached hydrogens (primary N) is 1. The molecule has 0 aromatic heterocycles. The molecular weight excluding hydrogens is 149 g/mol. The van der Waals surface area contributed by atoms with Crippen molar-refractivity contribution in [1.29, 1.82) is 0 Å². The Morgan fingerprint density at radius 1 is 1.30 bits per heavy atom. The minimum Gasteiger partial charge on any atom is -0.229 e. The van der Waals surface area contributed by atoms with Gasteiger partial charge in [0.05, 0.1) is 7.85 Å². The molecule has 0 amide bonds. The summed E-state index contributed by atoms with van der Waals surface area (Å²) in [6, 6.07) is 0. The molecule has 0 unspecified atom stereocenters. The minimum atomic E-state index is -3.52. The Bertz CT molecular complexity index is 218. The van der Waals surface area contributed by atoms with Gasteiger partial charge in [0.25, 0.3) is 0 Å². The van der Waals surface area contributed by atoms with Crippen LogP contribution in [0.4, 0.5) is 0 Å². The quantitative estimate of drug-likeness (QED) is 0.534. The molecule has 0 aromatic rings. The van der Waals surface area contributed by atoms with Gasteiger partial charge in [-0.05, 0) is 12.8 Å². The van der Waals surface area contributed by atoms with E-state index >= 15 is 0 Å². The summed E-state index contributed by atoms with van der Waals surface area (Å²) in [5.74, 6) is 0. The molecule has 0 saturated heterocycles. The lowest BCUT2D eigenvalue weighted by molar-refractivity contribution is 0.570. The summed E-state index contributed by atoms with van der Waals surface area (Å²) in [4.78, 5) is 0. The average molecular weight is 159 g/mol. The Hall–Kier alpha value is -0.0251. The summed E-state index contributed by atoms with van der Waals surface area (Å²) in [5, 5.41) is 4.92. The molecule has 0 heterocycles. The predicted octanol–water partition coefficient (Wildman–Crippen LogP) is -0.286. The van der Waals surface area contributed by atoms with Gasteiger partial charge in [-0.15, -0.1) is 0 Å². The van der Waals surface area contributed by atoms with Crippen LogP contribution in [-0.4, -0.2) is 20.9 Å². The van der Waals surface area contributed by atoms with Crippen molar-refractivity contribution in [3.63, 3.8) is 0 Å². The Labute approximate surface area is 62.4 Å². The molecule has 1 rings (SSSR count). The fourth-order valence-corrected chi connectivity index (χ4v) is 2.12. The average Bonchev–Trinajstić information content (AvgIpc) is 2.13. The zero-order chi connectivity index (χ0) is 7.83. The summed E-state index contributed by atoms with van der Waals surface area (Å²) in [6.45, 7) is 0. The molecule has 3 nitrogen and oxygen atoms in total. The minimum absolute atomic E-state index is 0.506. The van der Waals surface area contributed by atoms with Crippen LogP contribution in [0.3, 0.4) is 0 Å². The van der Waals surface area contributed by atoms with E-state index in [1.807, 2.05) is 0 Å². The van der Waals surface area contributed by atoms with E-state index < -0.39 is 14.7 Å². The highest BCUT2D eigenvalue weighted by molar-refractivity contribution is 7.91. The van der Waals surface area contributed by atoms with Gasteiger partial charge >= 0.3 is 0 Å². The second-order valence-electron chi connectivity index (χ2n) is 2.82. The molecule has 1 saturated carbocycles. The van der Waals surface area contributed by atoms with Gasteiger partial charge in [-0.2, -0.15) is 0 Å². The van der Waals surface area contributed by atoms with Crippen molar-refractivity contribution < 1.29 is 8.42 Å². The van der Waals surface area contributed by atoms with E-state index in [1.54, 1.807) is 0 Å². The van der Waals surface area contributed by atoms with Gasteiger partial charge in [-0.25, -0.2) is 13.6 Å². The molecular formula is C5H10BNO2S. The van der Waals surface area contributed by atoms with Crippen molar-refractivity contribution >= 4 is 17.9 Å². The highest BCUT2D eigenvalue weighted by Gasteiger charge is 2.38. The molecule has 0 spiro atoms. The second-order valence-corrected chi connectivity index (χ2v) is 4.72. The number of hydrogen-bond donors (Lipinski definition) is 1. The van der Waals surface area contributed by atoms with Crippen molar-refractivity contribution in [3.8, 4) is 0 Å². The highest BCUT2D eigenvalue weighted by Crippen LogP contribution is 2.31. The van der Waals surface area contributed by atoms with Crippen LogP contribution in [0.5, 0.6) is 0 Å². The molecule has 0 atom stereocenters. The molecule has 0 aromatic carbocycles. The monoisotopic (exact) mass is 159 g/mol. The summed E-state index contributed by atoms with van der Waals surface area (Å²) < 4.78 is 20.5. The Kier molecular flexibility index (Phi) is 1.81. The normalized spacial score (nSPS) is 24.9. The lowest BCUT2D eigenvalue weighted by Gasteiger charge is -2.20. The van der Waals surface area contributed by atoms with Gasteiger partial charge in [0.15, 0.2) is 0 Å². The van der Waals surface area contributed by atoms with Crippen LogP contribution in [0.2, 0.25) is 0 Å². The smallest absolute Gasteiger partial charge is 0.206 e. The van der Waals surface area contributed by atoms with Gasteiger partial charge in [-0.1, -0.05) is 12.8 Å². The molecule has 0 bridgehead atoms. The predicted molar refractivity (Wildman–Crippen MR) is 40.1 cm³/mol. The van der Waals surface area contributed by atoms with E-state index in [2.05, 4.69) is 0 Å². The van der Waals surface area contributed by atoms with Crippen LogP contribution in [-0.2, 0) is 10.0 Å². The zero-order valence-electron chi connectivity index (χ0n) is 5.71. The maximum Gasteiger partial charge on any atom is 0.206 e. The van der Waals surface area contributed by atoms with E-state index in [4.69, 9.17) is 13.0 Å². The Balaban J connectivity index is 2.88. The Morgan fingerprint density at radius 3 is 1.90 bits per heavy atom. The van der Waals surface area contributed by atoms with Gasteiger partial charge in [0, 0.05) is 4.65 Å². The number of sulfonamides is 1. The molecule has 1 aliphatic carbocycles. The fourth-order valence-electron chi connectivity index (χ4n) is 1.26. The van der Waals surface area contributed by atoms with Crippen molar-refractivity contribution in [2.75, 3.05) is 0 Å². The van der Waals surface area contributed by atoms with Crippen LogP contribution >= 0.6 is 0 Å². The van der Waals surface area contributed by atoms with Crippen molar-refractivity contribution in [3.05, 3.63) is 0 Å². The summed E-state index contributed by atoms with van der Waals surface area (Å²) in [7, 11) is 2.00. The van der Waals surface area contributed by atoms with Crippen LogP contribution < -0.4 is 5.14 Å². The molecule has 2 N–H and O–H groups in total. The first-order valence-corrected chi connectivity index (χ1v) is 4.82. The fraction of sp³-hybridized carbons (Fsp3) is 1.00. The maximum absolute atomic E-state index is 10.8. The van der Waals surface area contributed by atoms with Crippen molar-refractivity contribution in [2.24, 2.45) is 5.14 Å². The topological polar surface area (TPSA) is 60.2 Å². The maximum atomic E-state index is 10.8. The first-order valence-electron chi connectivity index (χ1n) is 3.27. The molecule has 56 valence electrons. The van der Waals surface area contributed by atoms with Gasteiger partial charge in [-0.3, -0.25) is 0 Å². The molecule has 2 radical (unpaired) electrons. The largest absolute Gasteiger partial charge is 0.229 e. The van der Waals surface area contributed by atoms with Crippen molar-refractivity contribution in [2.45, 2.75) is 30.3 Å². The molecule has 1 aliphatic rings. The third-order valence-electron chi connectivity index (χ3n) is 2.02. The van der Waals surface area contributed by atoms with Crippen LogP contribution in [0, 0.1) is 0 Å². The van der Waals surface area contributed by atoms with E-state index in [-0.39, 0.29) is 0 Å². The Morgan fingerprint density at radius 2 is 1.70 bits per heavy atom. The lowest BCUT2D eigenvalue weighted by atomic mass is 9.85. The van der Waals surface area contributed by atoms with E-state index in [0.717, 1.165) is 12.8 Å². The first-order chi connectivity index (χ1) is 4.46. The van der Waals surface area contributed by atoms with Crippen molar-refractivity contribution in [1.82, 2.24) is 0 Å². The number of hydrogen-bond acceptors (Lipinski definition) is 2. The highest BCUT2D eigenvalue weighted by atomic mass is 32.2. The van der Waals surface area contributed by atoms with Crippen LogP contribution in [0.15, 0.2) is 0 Å². The van der Waals surface area contributed by atoms with Crippen LogP contribution in [0.25, 0.3) is 0 Å². The SMILES string of the molecule is [B]C1(S(N)(=O)=O)CCCC1. The standard InChI is InChI=1S/C5H10BNO2S/c6-5(10(7,8)9)3-1-2-4-5/h1-4H2,(H2,7,8,9). The first kappa shape index (κ1) is 8.08. The van der Waals surface area contributed by atoms with Gasteiger partial charge in [0.2, 0.25) is 10.0 Å². The molecule has 1 fully saturated rings. The lowest BCUT2D eigenvalue weighted by Crippen LogP contribution is -2.41. The van der Waals surface area contributed by atoms with E-state index in [0.29, 0.717) is 12.8 Å². The molecule has 5 heteroatoms. The van der Waals surface area contributed by atoms with E-state index in [9.17, 15) is 8.42 Å². The van der Waals surface area contributed by atoms with Gasteiger partial charge in [0.1, 0.15) is 0 Å². The summed E-state index contributed by atoms with van der Waals surface area (Å²) in [5.41, 5.74) is 0. The summed E-state index contributed by atoms with van der Waals surface area (Å²) in [6.07, 6.45) is 2.75. The van der Waals surface area contributed by atoms with Crippen LogP contribution in [0.1, 0.15) is 25.7 Å².